The van der Waals surface area contributed by atoms with E-state index in [2.05, 4.69) is 14.9 Å². The highest BCUT2D eigenvalue weighted by atomic mass is 32.2. The Morgan fingerprint density at radius 3 is 2.52 bits per heavy atom. The largest absolute Gasteiger partial charge is 0.351 e. The fourth-order valence-corrected chi connectivity index (χ4v) is 4.91. The van der Waals surface area contributed by atoms with E-state index in [0.717, 1.165) is 25.2 Å². The lowest BCUT2D eigenvalue weighted by Gasteiger charge is -2.26. The number of hydrogen-bond acceptors (Lipinski definition) is 5. The minimum Gasteiger partial charge on any atom is -0.351 e. The molecule has 1 amide bonds. The van der Waals surface area contributed by atoms with E-state index in [4.69, 9.17) is 4.98 Å². The molecule has 4 rings (SSSR count). The van der Waals surface area contributed by atoms with Crippen molar-refractivity contribution >= 4 is 32.7 Å². The minimum absolute atomic E-state index is 0.0557. The van der Waals surface area contributed by atoms with Crippen LogP contribution in [0.25, 0.3) is 22.4 Å². The van der Waals surface area contributed by atoms with E-state index in [1.54, 1.807) is 19.1 Å². The summed E-state index contributed by atoms with van der Waals surface area (Å²) in [4.78, 5) is 20.3. The summed E-state index contributed by atoms with van der Waals surface area (Å²) in [7, 11) is -1.62. The predicted octanol–water partition coefficient (Wildman–Crippen LogP) is 3.22. The highest BCUT2D eigenvalue weighted by molar-refractivity contribution is 7.92. The number of imidazole rings is 1. The van der Waals surface area contributed by atoms with Gasteiger partial charge in [0.25, 0.3) is 5.91 Å². The van der Waals surface area contributed by atoms with Gasteiger partial charge in [-0.05, 0) is 45.0 Å². The Morgan fingerprint density at radius 2 is 1.82 bits per heavy atom. The molecule has 0 radical (unpaired) electrons. The van der Waals surface area contributed by atoms with Crippen LogP contribution >= 0.6 is 0 Å². The lowest BCUT2D eigenvalue weighted by atomic mass is 10.1. The number of benzene rings is 2. The Morgan fingerprint density at radius 1 is 1.09 bits per heavy atom. The van der Waals surface area contributed by atoms with Crippen LogP contribution < -0.4 is 10.0 Å². The molecule has 1 aliphatic rings. The summed E-state index contributed by atoms with van der Waals surface area (Å²) in [5.41, 5.74) is 2.89. The summed E-state index contributed by atoms with van der Waals surface area (Å²) >= 11 is 0. The number of carbonyl (C=O) groups excluding carboxylic acids is 1. The van der Waals surface area contributed by atoms with Crippen molar-refractivity contribution in [3.05, 3.63) is 48.0 Å². The molecule has 8 nitrogen and oxygen atoms in total. The van der Waals surface area contributed by atoms with Crippen LogP contribution in [0.15, 0.2) is 42.5 Å². The molecule has 176 valence electrons. The van der Waals surface area contributed by atoms with Crippen LogP contribution in [0.2, 0.25) is 0 Å². The number of fused-ring (bicyclic) bond motifs is 1. The number of aromatic nitrogens is 2. The molecule has 2 heterocycles. The second-order valence-electron chi connectivity index (χ2n) is 8.42. The molecule has 0 atom stereocenters. The lowest BCUT2D eigenvalue weighted by Crippen LogP contribution is -2.37. The number of carbonyl (C=O) groups is 1. The number of likely N-dealkylation sites (tertiary alicyclic amines) is 1. The van der Waals surface area contributed by atoms with E-state index in [9.17, 15) is 13.2 Å². The van der Waals surface area contributed by atoms with E-state index in [0.29, 0.717) is 34.7 Å². The van der Waals surface area contributed by atoms with Gasteiger partial charge in [-0.3, -0.25) is 9.52 Å². The second kappa shape index (κ2) is 9.93. The van der Waals surface area contributed by atoms with Gasteiger partial charge >= 0.3 is 0 Å². The van der Waals surface area contributed by atoms with Gasteiger partial charge in [0.05, 0.1) is 28.0 Å². The fourth-order valence-electron chi connectivity index (χ4n) is 4.29. The Hall–Kier alpha value is -2.91. The zero-order valence-electron chi connectivity index (χ0n) is 19.2. The van der Waals surface area contributed by atoms with Gasteiger partial charge in [-0.25, -0.2) is 13.4 Å². The van der Waals surface area contributed by atoms with Crippen molar-refractivity contribution in [2.75, 3.05) is 36.7 Å². The average molecular weight is 470 g/mol. The lowest BCUT2D eigenvalue weighted by molar-refractivity contribution is 0.0948. The van der Waals surface area contributed by atoms with Crippen LogP contribution in [0.5, 0.6) is 0 Å². The molecule has 2 N–H and O–H groups in total. The van der Waals surface area contributed by atoms with Crippen molar-refractivity contribution in [2.45, 2.75) is 26.2 Å². The molecule has 0 saturated carbocycles. The molecule has 1 fully saturated rings. The van der Waals surface area contributed by atoms with Crippen LogP contribution in [-0.4, -0.2) is 60.7 Å². The predicted molar refractivity (Wildman–Crippen MR) is 132 cm³/mol. The molecule has 9 heteroatoms. The van der Waals surface area contributed by atoms with E-state index >= 15 is 0 Å². The smallest absolute Gasteiger partial charge is 0.253 e. The molecule has 1 aliphatic heterocycles. The van der Waals surface area contributed by atoms with Crippen molar-refractivity contribution in [1.29, 1.82) is 0 Å². The van der Waals surface area contributed by atoms with Crippen molar-refractivity contribution in [1.82, 2.24) is 19.8 Å². The third-order valence-electron chi connectivity index (χ3n) is 6.06. The summed E-state index contributed by atoms with van der Waals surface area (Å²) in [5, 5.41) is 3.02. The highest BCUT2D eigenvalue weighted by Gasteiger charge is 2.20. The number of nitrogens with zero attached hydrogens (tertiary/aromatic N) is 3. The van der Waals surface area contributed by atoms with Crippen LogP contribution in [0, 0.1) is 0 Å². The maximum atomic E-state index is 13.2. The van der Waals surface area contributed by atoms with Crippen molar-refractivity contribution in [3.63, 3.8) is 0 Å². The molecule has 0 aliphatic carbocycles. The van der Waals surface area contributed by atoms with Gasteiger partial charge in [-0.1, -0.05) is 36.8 Å². The quantitative estimate of drug-likeness (QED) is 0.528. The van der Waals surface area contributed by atoms with Gasteiger partial charge in [-0.15, -0.1) is 0 Å². The van der Waals surface area contributed by atoms with Gasteiger partial charge in [-0.2, -0.15) is 0 Å². The maximum absolute atomic E-state index is 13.2. The van der Waals surface area contributed by atoms with Gasteiger partial charge in [0.15, 0.2) is 0 Å². The normalized spacial score (nSPS) is 15.0. The highest BCUT2D eigenvalue weighted by Crippen LogP contribution is 2.29. The van der Waals surface area contributed by atoms with Crippen molar-refractivity contribution in [2.24, 2.45) is 7.05 Å². The molecule has 33 heavy (non-hydrogen) atoms. The molecule has 2 aromatic carbocycles. The molecule has 0 spiro atoms. The first-order chi connectivity index (χ1) is 15.9. The topological polar surface area (TPSA) is 96.3 Å². The SMILES string of the molecule is CCS(=O)(=O)Nc1cc(C(=O)NCCN2CCCCC2)c2c(c1)nc(-c1ccccc1)n2C. The monoisotopic (exact) mass is 469 g/mol. The Labute approximate surface area is 195 Å². The number of anilines is 1. The number of nitrogens with one attached hydrogen (secondary N) is 2. The van der Waals surface area contributed by atoms with Gasteiger partial charge in [0, 0.05) is 25.7 Å². The van der Waals surface area contributed by atoms with Crippen molar-refractivity contribution < 1.29 is 13.2 Å². The van der Waals surface area contributed by atoms with Crippen LogP contribution in [0.3, 0.4) is 0 Å². The summed E-state index contributed by atoms with van der Waals surface area (Å²) < 4.78 is 28.8. The zero-order chi connectivity index (χ0) is 23.4. The Kier molecular flexibility index (Phi) is 6.99. The Balaban J connectivity index is 1.68. The zero-order valence-corrected chi connectivity index (χ0v) is 20.0. The summed E-state index contributed by atoms with van der Waals surface area (Å²) in [6.07, 6.45) is 3.67. The number of amides is 1. The number of aryl methyl sites for hydroxylation is 1. The number of piperidine rings is 1. The maximum Gasteiger partial charge on any atom is 0.253 e. The molecule has 3 aromatic rings. The van der Waals surface area contributed by atoms with Gasteiger partial charge in [0.1, 0.15) is 5.82 Å². The molecular weight excluding hydrogens is 438 g/mol. The first-order valence-electron chi connectivity index (χ1n) is 11.4. The minimum atomic E-state index is -3.49. The summed E-state index contributed by atoms with van der Waals surface area (Å²) in [6.45, 7) is 5.04. The van der Waals surface area contributed by atoms with Gasteiger partial charge in [0.2, 0.25) is 10.0 Å². The first kappa shape index (κ1) is 23.3. The fraction of sp³-hybridized carbons (Fsp3) is 0.417. The van der Waals surface area contributed by atoms with Crippen LogP contribution in [0.4, 0.5) is 5.69 Å². The third kappa shape index (κ3) is 5.36. The molecule has 1 aromatic heterocycles. The standard InChI is InChI=1S/C24H31N5O3S/c1-3-33(31,32)27-19-16-20(24(30)25-12-15-29-13-8-5-9-14-29)22-21(17-19)26-23(28(22)2)18-10-6-4-7-11-18/h4,6-7,10-11,16-17,27H,3,5,8-9,12-15H2,1-2H3,(H,25,30). The molecule has 1 saturated heterocycles. The molecule has 0 unspecified atom stereocenters. The van der Waals surface area contributed by atoms with Crippen LogP contribution in [0.1, 0.15) is 36.5 Å². The van der Waals surface area contributed by atoms with E-state index in [1.807, 2.05) is 41.9 Å². The van der Waals surface area contributed by atoms with E-state index in [1.165, 1.54) is 19.3 Å². The van der Waals surface area contributed by atoms with Crippen molar-refractivity contribution in [3.8, 4) is 11.4 Å². The third-order valence-corrected chi connectivity index (χ3v) is 7.37. The number of hydrogen-bond donors (Lipinski definition) is 2. The van der Waals surface area contributed by atoms with E-state index < -0.39 is 10.0 Å². The summed E-state index contributed by atoms with van der Waals surface area (Å²) in [5.74, 6) is 0.417. The van der Waals surface area contributed by atoms with Crippen LogP contribution in [-0.2, 0) is 17.1 Å². The number of rotatable bonds is 8. The summed E-state index contributed by atoms with van der Waals surface area (Å²) in [6, 6.07) is 13.0. The number of sulfonamides is 1. The van der Waals surface area contributed by atoms with Gasteiger partial charge < -0.3 is 14.8 Å². The second-order valence-corrected chi connectivity index (χ2v) is 10.4. The average Bonchev–Trinajstić information content (AvgIpc) is 3.15. The van der Waals surface area contributed by atoms with E-state index in [-0.39, 0.29) is 11.7 Å². The Bertz CT molecular complexity index is 1230. The first-order valence-corrected chi connectivity index (χ1v) is 13.1. The molecule has 0 bridgehead atoms. The molecular formula is C24H31N5O3S.